The molecule has 132 valence electrons. The first-order chi connectivity index (χ1) is 12.6. The highest BCUT2D eigenvalue weighted by atomic mass is 16.5. The molecular weight excluding hydrogens is 332 g/mol. The molecule has 0 saturated carbocycles. The van der Waals surface area contributed by atoms with Crippen LogP contribution in [0.2, 0.25) is 0 Å². The molecule has 1 amide bonds. The molecule has 0 aliphatic carbocycles. The van der Waals surface area contributed by atoms with Gasteiger partial charge < -0.3 is 14.8 Å². The summed E-state index contributed by atoms with van der Waals surface area (Å²) in [4.78, 5) is 28.9. The van der Waals surface area contributed by atoms with Crippen molar-refractivity contribution in [3.05, 3.63) is 66.4 Å². The molecule has 1 atom stereocenters. The molecule has 0 radical (unpaired) electrons. The number of aromatic nitrogens is 1. The van der Waals surface area contributed by atoms with Crippen molar-refractivity contribution < 1.29 is 19.1 Å². The van der Waals surface area contributed by atoms with Gasteiger partial charge in [0.2, 0.25) is 0 Å². The number of nitrogens with zero attached hydrogens (tertiary/aromatic N) is 1. The Morgan fingerprint density at radius 3 is 2.54 bits per heavy atom. The Balaban J connectivity index is 1.68. The van der Waals surface area contributed by atoms with Crippen LogP contribution in [-0.4, -0.2) is 30.1 Å². The molecule has 0 bridgehead atoms. The van der Waals surface area contributed by atoms with Crippen molar-refractivity contribution in [1.29, 1.82) is 0 Å². The minimum absolute atomic E-state index is 0.153. The van der Waals surface area contributed by atoms with Crippen molar-refractivity contribution in [1.82, 2.24) is 4.98 Å². The lowest BCUT2D eigenvalue weighted by Gasteiger charge is -2.15. The van der Waals surface area contributed by atoms with Crippen molar-refractivity contribution in [2.45, 2.75) is 13.0 Å². The lowest BCUT2D eigenvalue weighted by atomic mass is 10.2. The molecule has 1 unspecified atom stereocenters. The third kappa shape index (κ3) is 3.80. The summed E-state index contributed by atoms with van der Waals surface area (Å²) in [5.41, 5.74) is 1.35. The van der Waals surface area contributed by atoms with Crippen LogP contribution >= 0.6 is 0 Å². The van der Waals surface area contributed by atoms with Crippen LogP contribution in [0.25, 0.3) is 10.9 Å². The first-order valence-electron chi connectivity index (χ1n) is 8.09. The highest BCUT2D eigenvalue weighted by Crippen LogP contribution is 2.23. The fourth-order valence-electron chi connectivity index (χ4n) is 2.44. The first-order valence-corrected chi connectivity index (χ1v) is 8.09. The number of pyridine rings is 1. The number of methoxy groups -OCH3 is 1. The number of nitrogens with one attached hydrogen (secondary N) is 1. The third-order valence-corrected chi connectivity index (χ3v) is 3.83. The zero-order valence-corrected chi connectivity index (χ0v) is 14.4. The van der Waals surface area contributed by atoms with Crippen LogP contribution in [0.1, 0.15) is 17.4 Å². The Morgan fingerprint density at radius 2 is 1.73 bits per heavy atom. The van der Waals surface area contributed by atoms with Gasteiger partial charge in [-0.05, 0) is 31.2 Å². The summed E-state index contributed by atoms with van der Waals surface area (Å²) >= 11 is 0. The van der Waals surface area contributed by atoms with Crippen LogP contribution in [0.3, 0.4) is 0 Å². The molecule has 3 rings (SSSR count). The molecule has 0 spiro atoms. The molecule has 1 N–H and O–H groups in total. The summed E-state index contributed by atoms with van der Waals surface area (Å²) in [7, 11) is 1.51. The second-order valence-electron chi connectivity index (χ2n) is 5.63. The SMILES string of the molecule is COc1ccccc1NC(=O)C(C)OC(=O)c1ccc2ccccc2n1. The molecule has 0 saturated heterocycles. The van der Waals surface area contributed by atoms with Gasteiger partial charge in [-0.3, -0.25) is 4.79 Å². The van der Waals surface area contributed by atoms with E-state index in [2.05, 4.69) is 10.3 Å². The monoisotopic (exact) mass is 350 g/mol. The van der Waals surface area contributed by atoms with Crippen LogP contribution in [-0.2, 0) is 9.53 Å². The van der Waals surface area contributed by atoms with E-state index < -0.39 is 18.0 Å². The van der Waals surface area contributed by atoms with Gasteiger partial charge in [-0.15, -0.1) is 0 Å². The van der Waals surface area contributed by atoms with E-state index in [0.29, 0.717) is 17.0 Å². The molecule has 0 fully saturated rings. The molecule has 2 aromatic carbocycles. The summed E-state index contributed by atoms with van der Waals surface area (Å²) in [6, 6.07) is 17.8. The van der Waals surface area contributed by atoms with Gasteiger partial charge in [0.15, 0.2) is 6.10 Å². The van der Waals surface area contributed by atoms with Crippen LogP contribution in [0.15, 0.2) is 60.7 Å². The predicted octanol–water partition coefficient (Wildman–Crippen LogP) is 3.43. The number of hydrogen-bond acceptors (Lipinski definition) is 5. The Morgan fingerprint density at radius 1 is 1.00 bits per heavy atom. The van der Waals surface area contributed by atoms with E-state index in [1.807, 2.05) is 24.3 Å². The molecule has 26 heavy (non-hydrogen) atoms. The van der Waals surface area contributed by atoms with Crippen LogP contribution in [0.4, 0.5) is 5.69 Å². The van der Waals surface area contributed by atoms with Gasteiger partial charge in [-0.1, -0.05) is 36.4 Å². The summed E-state index contributed by atoms with van der Waals surface area (Å²) in [5.74, 6) is -0.586. The number of amides is 1. The lowest BCUT2D eigenvalue weighted by Crippen LogP contribution is -2.30. The average molecular weight is 350 g/mol. The molecular formula is C20H18N2O4. The molecule has 6 heteroatoms. The topological polar surface area (TPSA) is 77.5 Å². The summed E-state index contributed by atoms with van der Waals surface area (Å²) in [6.45, 7) is 1.50. The van der Waals surface area contributed by atoms with Crippen molar-refractivity contribution in [3.8, 4) is 5.75 Å². The number of para-hydroxylation sites is 3. The van der Waals surface area contributed by atoms with Gasteiger partial charge in [0.1, 0.15) is 11.4 Å². The zero-order chi connectivity index (χ0) is 18.5. The number of anilines is 1. The second-order valence-corrected chi connectivity index (χ2v) is 5.63. The number of fused-ring (bicyclic) bond motifs is 1. The number of rotatable bonds is 5. The summed E-state index contributed by atoms with van der Waals surface area (Å²) in [6.07, 6.45) is -0.985. The normalized spacial score (nSPS) is 11.6. The summed E-state index contributed by atoms with van der Waals surface area (Å²) < 4.78 is 10.4. The Bertz CT molecular complexity index is 955. The molecule has 1 heterocycles. The van der Waals surface area contributed by atoms with Crippen molar-refractivity contribution in [2.75, 3.05) is 12.4 Å². The van der Waals surface area contributed by atoms with E-state index >= 15 is 0 Å². The van der Waals surface area contributed by atoms with E-state index in [1.54, 1.807) is 36.4 Å². The number of hydrogen-bond donors (Lipinski definition) is 1. The predicted molar refractivity (Wildman–Crippen MR) is 98.2 cm³/mol. The van der Waals surface area contributed by atoms with Crippen LogP contribution < -0.4 is 10.1 Å². The van der Waals surface area contributed by atoms with E-state index in [9.17, 15) is 9.59 Å². The molecule has 0 aliphatic heterocycles. The number of carbonyl (C=O) groups is 2. The second kappa shape index (κ2) is 7.65. The Hall–Kier alpha value is -3.41. The Kier molecular flexibility index (Phi) is 5.12. The maximum atomic E-state index is 12.3. The Labute approximate surface area is 150 Å². The van der Waals surface area contributed by atoms with Crippen LogP contribution in [0, 0.1) is 0 Å². The maximum absolute atomic E-state index is 12.3. The molecule has 6 nitrogen and oxygen atoms in total. The number of esters is 1. The highest BCUT2D eigenvalue weighted by molar-refractivity contribution is 5.98. The third-order valence-electron chi connectivity index (χ3n) is 3.83. The first kappa shape index (κ1) is 17.4. The fourth-order valence-corrected chi connectivity index (χ4v) is 2.44. The number of carbonyl (C=O) groups excluding carboxylic acids is 2. The van der Waals surface area contributed by atoms with Crippen molar-refractivity contribution in [2.24, 2.45) is 0 Å². The van der Waals surface area contributed by atoms with Gasteiger partial charge in [0.05, 0.1) is 18.3 Å². The number of benzene rings is 2. The van der Waals surface area contributed by atoms with Gasteiger partial charge in [-0.25, -0.2) is 9.78 Å². The van der Waals surface area contributed by atoms with Gasteiger partial charge in [-0.2, -0.15) is 0 Å². The van der Waals surface area contributed by atoms with Gasteiger partial charge in [0, 0.05) is 5.39 Å². The largest absolute Gasteiger partial charge is 0.495 e. The van der Waals surface area contributed by atoms with E-state index in [4.69, 9.17) is 9.47 Å². The standard InChI is InChI=1S/C20H18N2O4/c1-13(19(23)22-16-9-5-6-10-18(16)25-2)26-20(24)17-12-11-14-7-3-4-8-15(14)21-17/h3-13H,1-2H3,(H,22,23). The fraction of sp³-hybridized carbons (Fsp3) is 0.150. The molecule has 0 aliphatic rings. The van der Waals surface area contributed by atoms with Gasteiger partial charge >= 0.3 is 5.97 Å². The van der Waals surface area contributed by atoms with E-state index in [1.165, 1.54) is 14.0 Å². The number of ether oxygens (including phenoxy) is 2. The lowest BCUT2D eigenvalue weighted by molar-refractivity contribution is -0.123. The summed E-state index contributed by atoms with van der Waals surface area (Å²) in [5, 5.41) is 3.61. The quantitative estimate of drug-likeness (QED) is 0.713. The minimum atomic E-state index is -0.985. The van der Waals surface area contributed by atoms with Gasteiger partial charge in [0.25, 0.3) is 5.91 Å². The highest BCUT2D eigenvalue weighted by Gasteiger charge is 2.21. The molecule has 3 aromatic rings. The average Bonchev–Trinajstić information content (AvgIpc) is 2.67. The van der Waals surface area contributed by atoms with Crippen molar-refractivity contribution in [3.63, 3.8) is 0 Å². The van der Waals surface area contributed by atoms with Crippen LogP contribution in [0.5, 0.6) is 5.75 Å². The molecule has 1 aromatic heterocycles. The maximum Gasteiger partial charge on any atom is 0.357 e. The zero-order valence-electron chi connectivity index (χ0n) is 14.4. The van der Waals surface area contributed by atoms with Crippen molar-refractivity contribution >= 4 is 28.5 Å². The van der Waals surface area contributed by atoms with E-state index in [-0.39, 0.29) is 5.69 Å². The smallest absolute Gasteiger partial charge is 0.357 e. The van der Waals surface area contributed by atoms with E-state index in [0.717, 1.165) is 5.39 Å². The minimum Gasteiger partial charge on any atom is -0.495 e.